The molecule has 0 spiro atoms. The summed E-state index contributed by atoms with van der Waals surface area (Å²) >= 11 is 0. The highest BCUT2D eigenvalue weighted by atomic mass is 19.1. The molecule has 0 saturated heterocycles. The molecular formula is C13H16FNO4. The minimum Gasteiger partial charge on any atom is -0.481 e. The zero-order chi connectivity index (χ0) is 14.3. The summed E-state index contributed by atoms with van der Waals surface area (Å²) in [7, 11) is 0. The number of benzene rings is 1. The molecule has 0 radical (unpaired) electrons. The number of carbonyl (C=O) groups is 2. The molecule has 0 aliphatic rings. The largest absolute Gasteiger partial charge is 0.481 e. The van der Waals surface area contributed by atoms with Gasteiger partial charge in [-0.3, -0.25) is 9.59 Å². The number of amides is 1. The van der Waals surface area contributed by atoms with Crippen molar-refractivity contribution in [3.8, 4) is 5.75 Å². The number of carboxylic acid groups (broad SMARTS) is 1. The van der Waals surface area contributed by atoms with Crippen molar-refractivity contribution >= 4 is 11.9 Å². The molecule has 19 heavy (non-hydrogen) atoms. The maximum atomic E-state index is 13.2. The van der Waals surface area contributed by atoms with Gasteiger partial charge in [-0.1, -0.05) is 19.1 Å². The van der Waals surface area contributed by atoms with E-state index in [0.29, 0.717) is 6.42 Å². The molecule has 5 nitrogen and oxygen atoms in total. The molecule has 0 aliphatic carbocycles. The van der Waals surface area contributed by atoms with Crippen molar-refractivity contribution in [2.75, 3.05) is 13.2 Å². The summed E-state index contributed by atoms with van der Waals surface area (Å²) in [6, 6.07) is 5.79. The van der Waals surface area contributed by atoms with Crippen LogP contribution in [0.15, 0.2) is 24.3 Å². The lowest BCUT2D eigenvalue weighted by Crippen LogP contribution is -2.31. The zero-order valence-corrected chi connectivity index (χ0v) is 10.6. The van der Waals surface area contributed by atoms with Gasteiger partial charge in [-0.15, -0.1) is 0 Å². The van der Waals surface area contributed by atoms with Crippen LogP contribution in [0.2, 0.25) is 0 Å². The minimum atomic E-state index is -0.906. The summed E-state index contributed by atoms with van der Waals surface area (Å²) in [5.41, 5.74) is 0. The third kappa shape index (κ3) is 5.37. The van der Waals surface area contributed by atoms with Crippen LogP contribution in [0.3, 0.4) is 0 Å². The lowest BCUT2D eigenvalue weighted by Gasteiger charge is -2.09. The Bertz CT molecular complexity index is 450. The van der Waals surface area contributed by atoms with E-state index in [0.717, 1.165) is 0 Å². The predicted molar refractivity (Wildman–Crippen MR) is 66.3 cm³/mol. The van der Waals surface area contributed by atoms with Gasteiger partial charge in [0, 0.05) is 6.54 Å². The van der Waals surface area contributed by atoms with Gasteiger partial charge in [-0.25, -0.2) is 4.39 Å². The highest BCUT2D eigenvalue weighted by Crippen LogP contribution is 2.14. The second-order valence-electron chi connectivity index (χ2n) is 4.10. The van der Waals surface area contributed by atoms with E-state index in [-0.39, 0.29) is 18.9 Å². The number of rotatable bonds is 7. The molecular weight excluding hydrogens is 253 g/mol. The first-order valence-corrected chi connectivity index (χ1v) is 5.87. The fourth-order valence-corrected chi connectivity index (χ4v) is 1.31. The van der Waals surface area contributed by atoms with Crippen molar-refractivity contribution in [1.29, 1.82) is 0 Å². The molecule has 104 valence electrons. The van der Waals surface area contributed by atoms with Gasteiger partial charge in [0.05, 0.1) is 5.92 Å². The Morgan fingerprint density at radius 2 is 2.11 bits per heavy atom. The standard InChI is InChI=1S/C13H16FNO4/c1-9(13(17)18)6-7-15-12(16)8-19-11-5-3-2-4-10(11)14/h2-5,9H,6-8H2,1H3,(H,15,16)(H,17,18). The third-order valence-corrected chi connectivity index (χ3v) is 2.52. The molecule has 0 aliphatic heterocycles. The number of ether oxygens (including phenoxy) is 1. The number of hydrogen-bond donors (Lipinski definition) is 2. The Balaban J connectivity index is 2.25. The second kappa shape index (κ2) is 7.35. The first-order valence-electron chi connectivity index (χ1n) is 5.87. The van der Waals surface area contributed by atoms with Crippen molar-refractivity contribution in [3.63, 3.8) is 0 Å². The van der Waals surface area contributed by atoms with Crippen LogP contribution in [0.25, 0.3) is 0 Å². The van der Waals surface area contributed by atoms with Crippen LogP contribution in [0.4, 0.5) is 4.39 Å². The van der Waals surface area contributed by atoms with Gasteiger partial charge < -0.3 is 15.2 Å². The maximum absolute atomic E-state index is 13.2. The van der Waals surface area contributed by atoms with E-state index in [9.17, 15) is 14.0 Å². The number of nitrogens with one attached hydrogen (secondary N) is 1. The van der Waals surface area contributed by atoms with Gasteiger partial charge in [0.25, 0.3) is 5.91 Å². The molecule has 1 atom stereocenters. The summed E-state index contributed by atoms with van der Waals surface area (Å²) in [6.07, 6.45) is 0.334. The summed E-state index contributed by atoms with van der Waals surface area (Å²) in [5, 5.41) is 11.2. The van der Waals surface area contributed by atoms with Crippen molar-refractivity contribution in [2.24, 2.45) is 5.92 Å². The Hall–Kier alpha value is -2.11. The van der Waals surface area contributed by atoms with E-state index in [1.54, 1.807) is 13.0 Å². The van der Waals surface area contributed by atoms with Crippen molar-refractivity contribution in [2.45, 2.75) is 13.3 Å². The molecule has 1 unspecified atom stereocenters. The van der Waals surface area contributed by atoms with Crippen LogP contribution < -0.4 is 10.1 Å². The predicted octanol–water partition coefficient (Wildman–Crippen LogP) is 1.43. The molecule has 0 aromatic heterocycles. The van der Waals surface area contributed by atoms with Gasteiger partial charge in [-0.05, 0) is 18.6 Å². The zero-order valence-electron chi connectivity index (χ0n) is 10.6. The Kier molecular flexibility index (Phi) is 5.78. The Labute approximate surface area is 110 Å². The SMILES string of the molecule is CC(CCNC(=O)COc1ccccc1F)C(=O)O. The van der Waals surface area contributed by atoms with E-state index < -0.39 is 23.6 Å². The fourth-order valence-electron chi connectivity index (χ4n) is 1.31. The molecule has 0 bridgehead atoms. The lowest BCUT2D eigenvalue weighted by atomic mass is 10.1. The van der Waals surface area contributed by atoms with Crippen molar-refractivity contribution < 1.29 is 23.8 Å². The van der Waals surface area contributed by atoms with Gasteiger partial charge in [0.15, 0.2) is 18.2 Å². The summed E-state index contributed by atoms with van der Waals surface area (Å²) in [6.45, 7) is 1.50. The topological polar surface area (TPSA) is 75.6 Å². The number of halogens is 1. The van der Waals surface area contributed by atoms with Crippen molar-refractivity contribution in [3.05, 3.63) is 30.1 Å². The Morgan fingerprint density at radius 3 is 2.74 bits per heavy atom. The quantitative estimate of drug-likeness (QED) is 0.785. The number of carboxylic acids is 1. The maximum Gasteiger partial charge on any atom is 0.306 e. The van der Waals surface area contributed by atoms with Crippen LogP contribution in [0.1, 0.15) is 13.3 Å². The molecule has 1 aromatic rings. The molecule has 6 heteroatoms. The first kappa shape index (κ1) is 14.9. The number of aliphatic carboxylic acids is 1. The summed E-state index contributed by atoms with van der Waals surface area (Å²) in [5.74, 6) is -2.36. The van der Waals surface area contributed by atoms with E-state index in [2.05, 4.69) is 5.32 Å². The average Bonchev–Trinajstić information content (AvgIpc) is 2.37. The van der Waals surface area contributed by atoms with Crippen LogP contribution in [0, 0.1) is 11.7 Å². The van der Waals surface area contributed by atoms with Crippen molar-refractivity contribution in [1.82, 2.24) is 5.32 Å². The molecule has 0 heterocycles. The van der Waals surface area contributed by atoms with Crippen LogP contribution in [-0.2, 0) is 9.59 Å². The summed E-state index contributed by atoms with van der Waals surface area (Å²) in [4.78, 5) is 21.9. The number of para-hydroxylation sites is 1. The van der Waals surface area contributed by atoms with E-state index in [1.807, 2.05) is 0 Å². The van der Waals surface area contributed by atoms with Crippen LogP contribution >= 0.6 is 0 Å². The van der Waals surface area contributed by atoms with Gasteiger partial charge in [0.2, 0.25) is 0 Å². The monoisotopic (exact) mass is 269 g/mol. The van der Waals surface area contributed by atoms with Gasteiger partial charge in [-0.2, -0.15) is 0 Å². The summed E-state index contributed by atoms with van der Waals surface area (Å²) < 4.78 is 18.2. The molecule has 0 fully saturated rings. The molecule has 1 amide bonds. The second-order valence-corrected chi connectivity index (χ2v) is 4.10. The van der Waals surface area contributed by atoms with E-state index >= 15 is 0 Å². The number of carbonyl (C=O) groups excluding carboxylic acids is 1. The smallest absolute Gasteiger partial charge is 0.306 e. The molecule has 2 N–H and O–H groups in total. The van der Waals surface area contributed by atoms with E-state index in [1.165, 1.54) is 18.2 Å². The first-order chi connectivity index (χ1) is 9.00. The molecule has 0 saturated carbocycles. The third-order valence-electron chi connectivity index (χ3n) is 2.52. The molecule has 1 aromatic carbocycles. The minimum absolute atomic E-state index is 0.0107. The van der Waals surface area contributed by atoms with Gasteiger partial charge >= 0.3 is 5.97 Å². The highest BCUT2D eigenvalue weighted by Gasteiger charge is 2.11. The van der Waals surface area contributed by atoms with E-state index in [4.69, 9.17) is 9.84 Å². The van der Waals surface area contributed by atoms with Crippen LogP contribution in [-0.4, -0.2) is 30.1 Å². The fraction of sp³-hybridized carbons (Fsp3) is 0.385. The van der Waals surface area contributed by atoms with Crippen LogP contribution in [0.5, 0.6) is 5.75 Å². The van der Waals surface area contributed by atoms with Gasteiger partial charge in [0.1, 0.15) is 0 Å². The Morgan fingerprint density at radius 1 is 1.42 bits per heavy atom. The normalized spacial score (nSPS) is 11.7. The number of hydrogen-bond acceptors (Lipinski definition) is 3. The highest BCUT2D eigenvalue weighted by molar-refractivity contribution is 5.77. The molecule has 1 rings (SSSR count). The lowest BCUT2D eigenvalue weighted by molar-refractivity contribution is -0.141. The average molecular weight is 269 g/mol.